The second-order valence-electron chi connectivity index (χ2n) is 8.46. The quantitative estimate of drug-likeness (QED) is 0.753. The van der Waals surface area contributed by atoms with Gasteiger partial charge < -0.3 is 9.80 Å². The Morgan fingerprint density at radius 2 is 1.75 bits per heavy atom. The van der Waals surface area contributed by atoms with E-state index in [1.165, 1.54) is 0 Å². The van der Waals surface area contributed by atoms with Crippen molar-refractivity contribution in [3.05, 3.63) is 23.9 Å². The number of amides is 1. The Balaban J connectivity index is 1.32. The van der Waals surface area contributed by atoms with Gasteiger partial charge in [0.1, 0.15) is 5.82 Å². The van der Waals surface area contributed by atoms with Gasteiger partial charge in [0, 0.05) is 51.5 Å². The Kier molecular flexibility index (Phi) is 5.60. The number of likely N-dealkylation sites (tertiary alicyclic amines) is 1. The fourth-order valence-electron chi connectivity index (χ4n) is 4.47. The largest absolute Gasteiger partial charge is 0.354 e. The summed E-state index contributed by atoms with van der Waals surface area (Å²) in [6.07, 6.45) is 4.60. The van der Waals surface area contributed by atoms with E-state index in [2.05, 4.69) is 21.7 Å². The molecule has 3 aliphatic rings. The maximum atomic E-state index is 12.7. The molecule has 1 amide bonds. The molecule has 3 fully saturated rings. The summed E-state index contributed by atoms with van der Waals surface area (Å²) in [5.41, 5.74) is 0.660. The van der Waals surface area contributed by atoms with Gasteiger partial charge in [-0.05, 0) is 37.3 Å². The molecule has 3 aliphatic heterocycles. The smallest absolute Gasteiger partial charge is 0.255 e. The van der Waals surface area contributed by atoms with E-state index in [4.69, 9.17) is 0 Å². The number of hydrogen-bond donors (Lipinski definition) is 0. The van der Waals surface area contributed by atoms with Crippen molar-refractivity contribution in [3.8, 4) is 0 Å². The Morgan fingerprint density at radius 3 is 2.32 bits per heavy atom. The maximum absolute atomic E-state index is 12.7. The van der Waals surface area contributed by atoms with E-state index < -0.39 is 9.84 Å². The molecule has 0 aromatic carbocycles. The zero-order valence-electron chi connectivity index (χ0n) is 16.6. The molecule has 0 N–H and O–H groups in total. The summed E-state index contributed by atoms with van der Waals surface area (Å²) in [4.78, 5) is 23.7. The standard InChI is InChI=1S/C20H30N4O3S/c1-16-4-7-24(8-5-16)20(25)17-2-3-19(21-14-17)23-11-9-22(10-12-23)18-6-13-28(26,27)15-18/h2-3,14,16,18H,4-13,15H2,1H3. The van der Waals surface area contributed by atoms with Crippen LogP contribution in [0.2, 0.25) is 0 Å². The first-order valence-corrected chi connectivity index (χ1v) is 12.2. The molecule has 0 spiro atoms. The average molecular weight is 407 g/mol. The molecule has 0 bridgehead atoms. The molecule has 3 saturated heterocycles. The van der Waals surface area contributed by atoms with Gasteiger partial charge in [-0.1, -0.05) is 6.92 Å². The number of pyridine rings is 1. The third-order valence-electron chi connectivity index (χ3n) is 6.43. The van der Waals surface area contributed by atoms with E-state index in [1.807, 2.05) is 17.0 Å². The fraction of sp³-hybridized carbons (Fsp3) is 0.700. The lowest BCUT2D eigenvalue weighted by Crippen LogP contribution is -2.51. The lowest BCUT2D eigenvalue weighted by molar-refractivity contribution is 0.0697. The lowest BCUT2D eigenvalue weighted by Gasteiger charge is -2.38. The second kappa shape index (κ2) is 7.99. The molecule has 1 aromatic heterocycles. The summed E-state index contributed by atoms with van der Waals surface area (Å²) < 4.78 is 23.4. The van der Waals surface area contributed by atoms with Crippen LogP contribution in [0.5, 0.6) is 0 Å². The monoisotopic (exact) mass is 406 g/mol. The minimum Gasteiger partial charge on any atom is -0.354 e. The average Bonchev–Trinajstić information content (AvgIpc) is 3.08. The van der Waals surface area contributed by atoms with Crippen molar-refractivity contribution in [1.29, 1.82) is 0 Å². The predicted octanol–water partition coefficient (Wildman–Crippen LogP) is 1.26. The van der Waals surface area contributed by atoms with Crippen LogP contribution in [0.25, 0.3) is 0 Å². The van der Waals surface area contributed by atoms with Crippen LogP contribution in [0.4, 0.5) is 5.82 Å². The summed E-state index contributed by atoms with van der Waals surface area (Å²) in [6, 6.07) is 4.00. The molecule has 154 valence electrons. The van der Waals surface area contributed by atoms with E-state index in [0.717, 1.165) is 64.3 Å². The first-order valence-electron chi connectivity index (χ1n) is 10.4. The SMILES string of the molecule is CC1CCN(C(=O)c2ccc(N3CCN(C4CCS(=O)(=O)C4)CC3)nc2)CC1. The second-order valence-corrected chi connectivity index (χ2v) is 10.7. The van der Waals surface area contributed by atoms with Crippen molar-refractivity contribution in [2.45, 2.75) is 32.2 Å². The first kappa shape index (κ1) is 19.6. The number of carbonyl (C=O) groups is 1. The molecular formula is C20H30N4O3S. The van der Waals surface area contributed by atoms with Gasteiger partial charge >= 0.3 is 0 Å². The van der Waals surface area contributed by atoms with Gasteiger partial charge in [0.2, 0.25) is 0 Å². The Hall–Kier alpha value is -1.67. The Bertz CT molecular complexity index is 795. The van der Waals surface area contributed by atoms with Crippen molar-refractivity contribution in [2.24, 2.45) is 5.92 Å². The Morgan fingerprint density at radius 1 is 1.04 bits per heavy atom. The van der Waals surface area contributed by atoms with Gasteiger partial charge in [-0.25, -0.2) is 13.4 Å². The number of anilines is 1. The summed E-state index contributed by atoms with van der Waals surface area (Å²) >= 11 is 0. The van der Waals surface area contributed by atoms with E-state index in [0.29, 0.717) is 23.0 Å². The number of aromatic nitrogens is 1. The molecule has 1 atom stereocenters. The normalized spacial score (nSPS) is 26.5. The zero-order chi connectivity index (χ0) is 19.7. The van der Waals surface area contributed by atoms with Gasteiger partial charge in [-0.2, -0.15) is 0 Å². The molecule has 0 aliphatic carbocycles. The van der Waals surface area contributed by atoms with Crippen LogP contribution in [0.3, 0.4) is 0 Å². The summed E-state index contributed by atoms with van der Waals surface area (Å²) in [7, 11) is -2.84. The van der Waals surface area contributed by atoms with Crippen LogP contribution < -0.4 is 4.90 Å². The molecule has 4 heterocycles. The minimum absolute atomic E-state index is 0.0817. The number of hydrogen-bond acceptors (Lipinski definition) is 6. The van der Waals surface area contributed by atoms with Crippen molar-refractivity contribution in [1.82, 2.24) is 14.8 Å². The van der Waals surface area contributed by atoms with E-state index in [-0.39, 0.29) is 11.9 Å². The van der Waals surface area contributed by atoms with E-state index in [9.17, 15) is 13.2 Å². The van der Waals surface area contributed by atoms with Crippen molar-refractivity contribution >= 4 is 21.6 Å². The number of sulfone groups is 1. The number of rotatable bonds is 3. The molecule has 8 heteroatoms. The van der Waals surface area contributed by atoms with E-state index >= 15 is 0 Å². The lowest BCUT2D eigenvalue weighted by atomic mass is 9.99. The molecule has 4 rings (SSSR count). The van der Waals surface area contributed by atoms with E-state index in [1.54, 1.807) is 6.20 Å². The van der Waals surface area contributed by atoms with Crippen LogP contribution in [0.15, 0.2) is 18.3 Å². The highest BCUT2D eigenvalue weighted by molar-refractivity contribution is 7.91. The number of piperazine rings is 1. The molecule has 28 heavy (non-hydrogen) atoms. The van der Waals surface area contributed by atoms with Crippen LogP contribution >= 0.6 is 0 Å². The zero-order valence-corrected chi connectivity index (χ0v) is 17.4. The Labute approximate surface area is 167 Å². The maximum Gasteiger partial charge on any atom is 0.255 e. The molecular weight excluding hydrogens is 376 g/mol. The molecule has 1 unspecified atom stereocenters. The van der Waals surface area contributed by atoms with Crippen molar-refractivity contribution in [3.63, 3.8) is 0 Å². The third kappa shape index (κ3) is 4.33. The van der Waals surface area contributed by atoms with Crippen LogP contribution in [0.1, 0.15) is 36.5 Å². The van der Waals surface area contributed by atoms with Crippen LogP contribution in [-0.4, -0.2) is 85.9 Å². The van der Waals surface area contributed by atoms with Gasteiger partial charge in [-0.3, -0.25) is 9.69 Å². The highest BCUT2D eigenvalue weighted by Crippen LogP contribution is 2.22. The minimum atomic E-state index is -2.84. The first-order chi connectivity index (χ1) is 13.4. The summed E-state index contributed by atoms with van der Waals surface area (Å²) in [5, 5.41) is 0. The number of piperidine rings is 1. The highest BCUT2D eigenvalue weighted by atomic mass is 32.2. The van der Waals surface area contributed by atoms with Crippen molar-refractivity contribution < 1.29 is 13.2 Å². The van der Waals surface area contributed by atoms with Gasteiger partial charge in [0.15, 0.2) is 9.84 Å². The number of carbonyl (C=O) groups excluding carboxylic acids is 1. The molecule has 0 radical (unpaired) electrons. The summed E-state index contributed by atoms with van der Waals surface area (Å²) in [5.74, 6) is 2.30. The molecule has 0 saturated carbocycles. The predicted molar refractivity (Wildman–Crippen MR) is 109 cm³/mol. The summed E-state index contributed by atoms with van der Waals surface area (Å²) in [6.45, 7) is 7.29. The van der Waals surface area contributed by atoms with Gasteiger partial charge in [0.25, 0.3) is 5.91 Å². The topological polar surface area (TPSA) is 73.8 Å². The molecule has 1 aromatic rings. The highest BCUT2D eigenvalue weighted by Gasteiger charge is 2.33. The van der Waals surface area contributed by atoms with Crippen LogP contribution in [0, 0.1) is 5.92 Å². The van der Waals surface area contributed by atoms with Gasteiger partial charge in [0.05, 0.1) is 17.1 Å². The number of nitrogens with zero attached hydrogens (tertiary/aromatic N) is 4. The van der Waals surface area contributed by atoms with Crippen molar-refractivity contribution in [2.75, 3.05) is 55.7 Å². The molecule has 7 nitrogen and oxygen atoms in total. The van der Waals surface area contributed by atoms with Crippen LogP contribution in [-0.2, 0) is 9.84 Å². The third-order valence-corrected chi connectivity index (χ3v) is 8.18. The van der Waals surface area contributed by atoms with Gasteiger partial charge in [-0.15, -0.1) is 0 Å². The fourth-order valence-corrected chi connectivity index (χ4v) is 6.24.